The highest BCUT2D eigenvalue weighted by Gasteiger charge is 2.26. The molecule has 0 atom stereocenters. The molecule has 0 saturated carbocycles. The molecule has 0 unspecified atom stereocenters. The summed E-state index contributed by atoms with van der Waals surface area (Å²) in [5.74, 6) is 0.853. The number of hydrogen-bond acceptors (Lipinski definition) is 5. The summed E-state index contributed by atoms with van der Waals surface area (Å²) in [5.41, 5.74) is 2.00. The Morgan fingerprint density at radius 2 is 1.79 bits per heavy atom. The standard InChI is InChI=1S/C20H22Cl2N2O4S/c21-16-1-3-19(4-2-16)29(25,26)23-18-5-7-24(8-6-18)11-14-9-17(22)10-15-12-27-13-28-20(14)15/h1-4,9-10,18,23H,5-8,11-13H2. The van der Waals surface area contributed by atoms with Crippen molar-refractivity contribution in [3.05, 3.63) is 57.6 Å². The van der Waals surface area contributed by atoms with E-state index in [2.05, 4.69) is 9.62 Å². The lowest BCUT2D eigenvalue weighted by Crippen LogP contribution is -2.44. The normalized spacial score (nSPS) is 18.3. The van der Waals surface area contributed by atoms with Gasteiger partial charge in [0.15, 0.2) is 6.79 Å². The molecule has 2 heterocycles. The number of halogens is 2. The zero-order chi connectivity index (χ0) is 20.4. The van der Waals surface area contributed by atoms with E-state index in [4.69, 9.17) is 32.7 Å². The zero-order valence-corrected chi connectivity index (χ0v) is 18.1. The van der Waals surface area contributed by atoms with Crippen LogP contribution in [0.2, 0.25) is 10.0 Å². The molecule has 1 fully saturated rings. The van der Waals surface area contributed by atoms with Gasteiger partial charge in [0.25, 0.3) is 0 Å². The molecule has 1 N–H and O–H groups in total. The number of piperidine rings is 1. The molecule has 6 nitrogen and oxygen atoms in total. The number of hydrogen-bond donors (Lipinski definition) is 1. The van der Waals surface area contributed by atoms with E-state index in [9.17, 15) is 8.42 Å². The van der Waals surface area contributed by atoms with Crippen LogP contribution in [0.3, 0.4) is 0 Å². The average Bonchev–Trinajstić information content (AvgIpc) is 2.69. The Morgan fingerprint density at radius 3 is 2.52 bits per heavy atom. The Labute approximate surface area is 180 Å². The number of nitrogens with zero attached hydrogens (tertiary/aromatic N) is 1. The van der Waals surface area contributed by atoms with Crippen molar-refractivity contribution in [1.82, 2.24) is 9.62 Å². The summed E-state index contributed by atoms with van der Waals surface area (Å²) in [5, 5.41) is 1.18. The van der Waals surface area contributed by atoms with Gasteiger partial charge < -0.3 is 9.47 Å². The van der Waals surface area contributed by atoms with Gasteiger partial charge in [0.05, 0.1) is 11.5 Å². The van der Waals surface area contributed by atoms with Gasteiger partial charge in [0.1, 0.15) is 5.75 Å². The number of sulfonamides is 1. The smallest absolute Gasteiger partial charge is 0.240 e. The quantitative estimate of drug-likeness (QED) is 0.740. The molecule has 2 aliphatic rings. The van der Waals surface area contributed by atoms with Gasteiger partial charge in [-0.3, -0.25) is 4.90 Å². The summed E-state index contributed by atoms with van der Waals surface area (Å²) in [7, 11) is -3.55. The van der Waals surface area contributed by atoms with Crippen molar-refractivity contribution in [2.45, 2.75) is 36.9 Å². The van der Waals surface area contributed by atoms with Gasteiger partial charge in [-0.2, -0.15) is 0 Å². The van der Waals surface area contributed by atoms with Crippen molar-refractivity contribution >= 4 is 33.2 Å². The van der Waals surface area contributed by atoms with Gasteiger partial charge >= 0.3 is 0 Å². The third-order valence-corrected chi connectivity index (χ3v) is 7.19. The lowest BCUT2D eigenvalue weighted by molar-refractivity contribution is -0.0175. The molecule has 0 aliphatic carbocycles. The lowest BCUT2D eigenvalue weighted by atomic mass is 10.0. The highest BCUT2D eigenvalue weighted by Crippen LogP contribution is 2.33. The fourth-order valence-corrected chi connectivity index (χ4v) is 5.42. The Kier molecular flexibility index (Phi) is 6.34. The molecule has 2 aliphatic heterocycles. The number of rotatable bonds is 5. The average molecular weight is 457 g/mol. The fraction of sp³-hybridized carbons (Fsp3) is 0.400. The topological polar surface area (TPSA) is 67.9 Å². The van der Waals surface area contributed by atoms with E-state index in [0.29, 0.717) is 23.2 Å². The lowest BCUT2D eigenvalue weighted by Gasteiger charge is -2.33. The Morgan fingerprint density at radius 1 is 1.07 bits per heavy atom. The van der Waals surface area contributed by atoms with Gasteiger partial charge in [-0.1, -0.05) is 23.2 Å². The van der Waals surface area contributed by atoms with Gasteiger partial charge in [0.2, 0.25) is 10.0 Å². The monoisotopic (exact) mass is 456 g/mol. The molecular formula is C20H22Cl2N2O4S. The summed E-state index contributed by atoms with van der Waals surface area (Å²) < 4.78 is 39.0. The van der Waals surface area contributed by atoms with Crippen LogP contribution in [0.1, 0.15) is 24.0 Å². The molecular weight excluding hydrogens is 435 g/mol. The van der Waals surface area contributed by atoms with Crippen molar-refractivity contribution in [3.63, 3.8) is 0 Å². The summed E-state index contributed by atoms with van der Waals surface area (Å²) in [6.45, 7) is 3.02. The van der Waals surface area contributed by atoms with Crippen molar-refractivity contribution in [2.75, 3.05) is 19.9 Å². The molecule has 9 heteroatoms. The van der Waals surface area contributed by atoms with Gasteiger partial charge in [-0.25, -0.2) is 13.1 Å². The molecule has 29 heavy (non-hydrogen) atoms. The second-order valence-electron chi connectivity index (χ2n) is 7.29. The first kappa shape index (κ1) is 20.9. The molecule has 0 amide bonds. The van der Waals surface area contributed by atoms with E-state index in [1.807, 2.05) is 12.1 Å². The van der Waals surface area contributed by atoms with Crippen LogP contribution in [0.25, 0.3) is 0 Å². The Hall–Kier alpha value is -1.35. The van der Waals surface area contributed by atoms with Gasteiger partial charge in [0, 0.05) is 46.8 Å². The van der Waals surface area contributed by atoms with E-state index in [0.717, 1.165) is 42.8 Å². The van der Waals surface area contributed by atoms with E-state index in [1.165, 1.54) is 12.1 Å². The SMILES string of the molecule is O=S(=O)(NC1CCN(Cc2cc(Cl)cc3c2OCOC3)CC1)c1ccc(Cl)cc1. The van der Waals surface area contributed by atoms with Crippen LogP contribution in [-0.4, -0.2) is 39.2 Å². The summed E-state index contributed by atoms with van der Waals surface area (Å²) in [6.07, 6.45) is 1.47. The fourth-order valence-electron chi connectivity index (χ4n) is 3.73. The van der Waals surface area contributed by atoms with Crippen LogP contribution >= 0.6 is 23.2 Å². The first-order valence-corrected chi connectivity index (χ1v) is 11.7. The van der Waals surface area contributed by atoms with Crippen LogP contribution in [0.15, 0.2) is 41.3 Å². The highest BCUT2D eigenvalue weighted by atomic mass is 35.5. The van der Waals surface area contributed by atoms with E-state index in [-0.39, 0.29) is 17.7 Å². The number of likely N-dealkylation sites (tertiary alicyclic amines) is 1. The van der Waals surface area contributed by atoms with Crippen molar-refractivity contribution in [2.24, 2.45) is 0 Å². The maximum atomic E-state index is 12.6. The number of nitrogens with one attached hydrogen (secondary N) is 1. The molecule has 0 aromatic heterocycles. The molecule has 4 rings (SSSR count). The maximum absolute atomic E-state index is 12.6. The molecule has 1 saturated heterocycles. The summed E-state index contributed by atoms with van der Waals surface area (Å²) in [4.78, 5) is 2.52. The van der Waals surface area contributed by atoms with Gasteiger partial charge in [-0.15, -0.1) is 0 Å². The molecule has 0 spiro atoms. The van der Waals surface area contributed by atoms with Crippen LogP contribution in [0.5, 0.6) is 5.75 Å². The molecule has 0 bridgehead atoms. The Bertz CT molecular complexity index is 975. The van der Waals surface area contributed by atoms with Crippen molar-refractivity contribution in [3.8, 4) is 5.75 Å². The van der Waals surface area contributed by atoms with Crippen LogP contribution in [-0.2, 0) is 27.9 Å². The van der Waals surface area contributed by atoms with Gasteiger partial charge in [-0.05, 0) is 49.2 Å². The highest BCUT2D eigenvalue weighted by molar-refractivity contribution is 7.89. The summed E-state index contributed by atoms with van der Waals surface area (Å²) >= 11 is 12.1. The third kappa shape index (κ3) is 5.05. The van der Waals surface area contributed by atoms with Crippen LogP contribution < -0.4 is 9.46 Å². The molecule has 2 aromatic carbocycles. The first-order valence-electron chi connectivity index (χ1n) is 9.43. The predicted molar refractivity (Wildman–Crippen MR) is 112 cm³/mol. The zero-order valence-electron chi connectivity index (χ0n) is 15.7. The maximum Gasteiger partial charge on any atom is 0.240 e. The minimum atomic E-state index is -3.55. The second-order valence-corrected chi connectivity index (χ2v) is 9.88. The summed E-state index contributed by atoms with van der Waals surface area (Å²) in [6, 6.07) is 9.91. The number of benzene rings is 2. The second kappa shape index (κ2) is 8.79. The van der Waals surface area contributed by atoms with Crippen LogP contribution in [0, 0.1) is 0 Å². The van der Waals surface area contributed by atoms with E-state index in [1.54, 1.807) is 12.1 Å². The molecule has 2 aromatic rings. The third-order valence-electron chi connectivity index (χ3n) is 5.18. The first-order chi connectivity index (χ1) is 13.9. The van der Waals surface area contributed by atoms with Crippen LogP contribution in [0.4, 0.5) is 0 Å². The molecule has 0 radical (unpaired) electrons. The van der Waals surface area contributed by atoms with E-state index >= 15 is 0 Å². The van der Waals surface area contributed by atoms with E-state index < -0.39 is 10.0 Å². The predicted octanol–water partition coefficient (Wildman–Crippen LogP) is 3.80. The largest absolute Gasteiger partial charge is 0.467 e. The number of ether oxygens (including phenoxy) is 2. The minimum Gasteiger partial charge on any atom is -0.467 e. The molecule has 156 valence electrons. The van der Waals surface area contributed by atoms with Crippen molar-refractivity contribution < 1.29 is 17.9 Å². The Balaban J connectivity index is 1.37. The van der Waals surface area contributed by atoms with Crippen molar-refractivity contribution in [1.29, 1.82) is 0 Å². The minimum absolute atomic E-state index is 0.0927. The number of fused-ring (bicyclic) bond motifs is 1.